The van der Waals surface area contributed by atoms with Crippen molar-refractivity contribution in [2.75, 3.05) is 20.8 Å². The Kier molecular flexibility index (Phi) is 7.66. The zero-order valence-electron chi connectivity index (χ0n) is 10.1. The minimum absolute atomic E-state index is 0.148. The molecule has 0 unspecified atom stereocenters. The van der Waals surface area contributed by atoms with Crippen molar-refractivity contribution in [3.05, 3.63) is 10.6 Å². The number of rotatable bonds is 4. The van der Waals surface area contributed by atoms with Crippen molar-refractivity contribution < 1.29 is 9.53 Å². The molecule has 0 aromatic carbocycles. The van der Waals surface area contributed by atoms with Gasteiger partial charge in [-0.2, -0.15) is 0 Å². The molecule has 0 heterocycles. The Hall–Kier alpha value is -1.01. The second kappa shape index (κ2) is 8.18. The summed E-state index contributed by atoms with van der Waals surface area (Å²) in [5, 5.41) is 6.19. The summed E-state index contributed by atoms with van der Waals surface area (Å²) in [6.07, 6.45) is 0.300. The van der Waals surface area contributed by atoms with Crippen LogP contribution in [0.1, 0.15) is 20.3 Å². The quantitative estimate of drug-likeness (QED) is 0.392. The summed E-state index contributed by atoms with van der Waals surface area (Å²) in [6, 6.07) is 0. The van der Waals surface area contributed by atoms with Gasteiger partial charge < -0.3 is 10.1 Å². The minimum Gasteiger partial charge on any atom is -0.384 e. The van der Waals surface area contributed by atoms with Gasteiger partial charge in [0, 0.05) is 14.2 Å². The van der Waals surface area contributed by atoms with Crippen molar-refractivity contribution in [1.29, 1.82) is 0 Å². The fourth-order valence-electron chi connectivity index (χ4n) is 0.770. The summed E-state index contributed by atoms with van der Waals surface area (Å²) < 4.78 is 4.80. The first-order valence-corrected chi connectivity index (χ1v) is 5.35. The van der Waals surface area contributed by atoms with Gasteiger partial charge in [0.2, 0.25) is 11.9 Å². The van der Waals surface area contributed by atoms with Gasteiger partial charge in [-0.25, -0.2) is 0 Å². The van der Waals surface area contributed by atoms with Gasteiger partial charge in [-0.05, 0) is 19.4 Å². The van der Waals surface area contributed by atoms with E-state index >= 15 is 0 Å². The van der Waals surface area contributed by atoms with E-state index in [0.29, 0.717) is 24.0 Å². The first-order chi connectivity index (χ1) is 7.51. The Morgan fingerprint density at radius 3 is 2.44 bits per heavy atom. The maximum absolute atomic E-state index is 11.4. The van der Waals surface area contributed by atoms with Gasteiger partial charge in [-0.15, -0.1) is 12.6 Å². The number of guanidine groups is 1. The molecule has 5 nitrogen and oxygen atoms in total. The number of allylic oxidation sites excluding steroid dienone is 1. The predicted octanol–water partition coefficient (Wildman–Crippen LogP) is 0.896. The molecule has 0 spiro atoms. The van der Waals surface area contributed by atoms with E-state index in [1.807, 2.05) is 13.8 Å². The summed E-state index contributed by atoms with van der Waals surface area (Å²) in [4.78, 5) is 15.3. The highest BCUT2D eigenvalue weighted by Gasteiger charge is 2.05. The number of aliphatic imine (C=N–C) groups is 1. The third-order valence-electron chi connectivity index (χ3n) is 1.73. The van der Waals surface area contributed by atoms with Crippen molar-refractivity contribution in [2.24, 2.45) is 4.99 Å². The summed E-state index contributed by atoms with van der Waals surface area (Å²) in [7, 11) is 3.14. The van der Waals surface area contributed by atoms with E-state index in [2.05, 4.69) is 28.3 Å². The van der Waals surface area contributed by atoms with Gasteiger partial charge in [-0.1, -0.05) is 0 Å². The smallest absolute Gasteiger partial charge is 0.228 e. The predicted molar refractivity (Wildman–Crippen MR) is 68.5 cm³/mol. The van der Waals surface area contributed by atoms with Crippen LogP contribution in [0.15, 0.2) is 15.6 Å². The number of carbonyl (C=O) groups is 1. The van der Waals surface area contributed by atoms with Crippen molar-refractivity contribution in [1.82, 2.24) is 10.6 Å². The van der Waals surface area contributed by atoms with Gasteiger partial charge in [0.15, 0.2) is 0 Å². The summed E-state index contributed by atoms with van der Waals surface area (Å²) >= 11 is 4.22. The number of hydrogen-bond donors (Lipinski definition) is 3. The lowest BCUT2D eigenvalue weighted by atomic mass is 10.4. The summed E-state index contributed by atoms with van der Waals surface area (Å²) in [5.74, 6) is 0.233. The van der Waals surface area contributed by atoms with Crippen LogP contribution in [0.3, 0.4) is 0 Å². The fourth-order valence-corrected chi connectivity index (χ4v) is 0.875. The Labute approximate surface area is 102 Å². The molecule has 0 atom stereocenters. The van der Waals surface area contributed by atoms with E-state index in [1.165, 1.54) is 0 Å². The van der Waals surface area contributed by atoms with E-state index < -0.39 is 0 Å². The third-order valence-corrected chi connectivity index (χ3v) is 2.28. The Balaban J connectivity index is 4.23. The second-order valence-electron chi connectivity index (χ2n) is 3.34. The summed E-state index contributed by atoms with van der Waals surface area (Å²) in [5.41, 5.74) is 1.01. The number of nitrogens with zero attached hydrogens (tertiary/aromatic N) is 1. The molecule has 0 aromatic rings. The molecule has 0 aliphatic rings. The normalized spacial score (nSPS) is 10.9. The minimum atomic E-state index is -0.148. The van der Waals surface area contributed by atoms with Gasteiger partial charge in [-0.3, -0.25) is 15.1 Å². The van der Waals surface area contributed by atoms with Crippen LogP contribution in [0.4, 0.5) is 0 Å². The highest BCUT2D eigenvalue weighted by Crippen LogP contribution is 2.02. The van der Waals surface area contributed by atoms with E-state index in [0.717, 1.165) is 5.57 Å². The molecule has 0 radical (unpaired) electrons. The number of ether oxygens (including phenoxy) is 1. The maximum Gasteiger partial charge on any atom is 0.228 e. The molecule has 0 aromatic heterocycles. The maximum atomic E-state index is 11.4. The molecule has 2 N–H and O–H groups in total. The van der Waals surface area contributed by atoms with Crippen LogP contribution in [0.5, 0.6) is 0 Å². The number of nitrogens with one attached hydrogen (secondary N) is 2. The average Bonchev–Trinajstić information content (AvgIpc) is 2.24. The van der Waals surface area contributed by atoms with Crippen LogP contribution in [-0.4, -0.2) is 32.6 Å². The zero-order valence-corrected chi connectivity index (χ0v) is 11.0. The zero-order chi connectivity index (χ0) is 12.6. The number of thiol groups is 1. The number of amides is 1. The molecule has 0 rings (SSSR count). The number of carbonyl (C=O) groups excluding carboxylic acids is 1. The Bertz CT molecular complexity index is 296. The van der Waals surface area contributed by atoms with Crippen molar-refractivity contribution in [3.63, 3.8) is 0 Å². The lowest BCUT2D eigenvalue weighted by Crippen LogP contribution is -2.40. The first-order valence-electron chi connectivity index (χ1n) is 4.90. The Morgan fingerprint density at radius 2 is 2.00 bits per heavy atom. The fraction of sp³-hybridized carbons (Fsp3) is 0.600. The van der Waals surface area contributed by atoms with Crippen LogP contribution in [0.2, 0.25) is 0 Å². The van der Waals surface area contributed by atoms with E-state index in [9.17, 15) is 4.79 Å². The molecule has 0 bridgehead atoms. The monoisotopic (exact) mass is 245 g/mol. The summed E-state index contributed by atoms with van der Waals surface area (Å²) in [6.45, 7) is 4.21. The second-order valence-corrected chi connectivity index (χ2v) is 3.78. The number of hydrogen-bond acceptors (Lipinski definition) is 4. The van der Waals surface area contributed by atoms with Gasteiger partial charge in [0.1, 0.15) is 0 Å². The molecule has 0 aliphatic heterocycles. The van der Waals surface area contributed by atoms with Crippen LogP contribution >= 0.6 is 12.6 Å². The highest BCUT2D eigenvalue weighted by atomic mass is 32.1. The topological polar surface area (TPSA) is 62.7 Å². The highest BCUT2D eigenvalue weighted by molar-refractivity contribution is 7.84. The molecule has 1 amide bonds. The van der Waals surface area contributed by atoms with E-state index in [4.69, 9.17) is 4.74 Å². The van der Waals surface area contributed by atoms with Crippen LogP contribution in [-0.2, 0) is 9.53 Å². The Morgan fingerprint density at radius 1 is 1.38 bits per heavy atom. The van der Waals surface area contributed by atoms with Crippen LogP contribution in [0.25, 0.3) is 0 Å². The lowest BCUT2D eigenvalue weighted by molar-refractivity contribution is -0.120. The van der Waals surface area contributed by atoms with Crippen molar-refractivity contribution in [2.45, 2.75) is 20.3 Å². The van der Waals surface area contributed by atoms with Crippen LogP contribution < -0.4 is 10.6 Å². The molecule has 16 heavy (non-hydrogen) atoms. The molecular formula is C10H19N3O2S. The molecular weight excluding hydrogens is 226 g/mol. The van der Waals surface area contributed by atoms with Gasteiger partial charge in [0.25, 0.3) is 0 Å². The molecule has 6 heteroatoms. The number of methoxy groups -OCH3 is 1. The molecule has 0 saturated heterocycles. The largest absolute Gasteiger partial charge is 0.384 e. The standard InChI is InChI=1S/C10H19N3O2S/c1-7(2)9(16)13-10(11-3)12-8(14)5-6-15-4/h16H,5-6H2,1-4H3,(H2,11,12,13,14). The molecule has 92 valence electrons. The van der Waals surface area contributed by atoms with Gasteiger partial charge in [0.05, 0.1) is 18.1 Å². The van der Waals surface area contributed by atoms with E-state index in [-0.39, 0.29) is 5.91 Å². The average molecular weight is 245 g/mol. The lowest BCUT2D eigenvalue weighted by Gasteiger charge is -2.11. The van der Waals surface area contributed by atoms with Gasteiger partial charge >= 0.3 is 0 Å². The molecule has 0 saturated carbocycles. The van der Waals surface area contributed by atoms with Crippen molar-refractivity contribution in [3.8, 4) is 0 Å². The first kappa shape index (κ1) is 15.0. The molecule has 0 aliphatic carbocycles. The van der Waals surface area contributed by atoms with Crippen LogP contribution in [0, 0.1) is 0 Å². The van der Waals surface area contributed by atoms with Crippen molar-refractivity contribution >= 4 is 24.5 Å². The third kappa shape index (κ3) is 6.47. The molecule has 0 fully saturated rings. The van der Waals surface area contributed by atoms with E-state index in [1.54, 1.807) is 14.2 Å². The SMILES string of the molecule is CN=C(NC(=O)CCOC)NC(S)=C(C)C.